The Morgan fingerprint density at radius 1 is 0.262 bits per heavy atom. The van der Waals surface area contributed by atoms with Crippen LogP contribution in [0.15, 0.2) is 0 Å². The minimum absolute atomic E-state index is 0.0507. The molecule has 0 rings (SSSR count). The molecule has 0 aromatic rings. The van der Waals surface area contributed by atoms with Crippen LogP contribution in [0, 0.1) is 0 Å². The van der Waals surface area contributed by atoms with Gasteiger partial charge in [0.05, 0.1) is 33.5 Å². The topological polar surface area (TPSA) is 526 Å². The number of methoxy groups -OCH3 is 2. The van der Waals surface area contributed by atoms with Crippen molar-refractivity contribution in [2.75, 3.05) is 131 Å². The van der Waals surface area contributed by atoms with Gasteiger partial charge in [0, 0.05) is 109 Å². The highest BCUT2D eigenvalue weighted by atomic mass is 32.2. The molecule has 0 saturated carbocycles. The Hall–Kier alpha value is -9.58. The van der Waals surface area contributed by atoms with E-state index in [0.717, 1.165) is 5.75 Å². The zero-order chi connectivity index (χ0) is 86.0. The van der Waals surface area contributed by atoms with Gasteiger partial charge in [-0.3, -0.25) is 81.5 Å². The molecule has 0 radical (unpaired) electrons. The van der Waals surface area contributed by atoms with Gasteiger partial charge in [0.25, 0.3) is 0 Å². The zero-order valence-electron chi connectivity index (χ0n) is 66.0. The van der Waals surface area contributed by atoms with Crippen molar-refractivity contribution in [3.63, 3.8) is 0 Å². The van der Waals surface area contributed by atoms with Gasteiger partial charge in [-0.2, -0.15) is 0 Å². The largest absolute Gasteiger partial charge is 0.466 e. The van der Waals surface area contributed by atoms with E-state index in [4.69, 9.17) is 4.74 Å². The number of esters is 18. The summed E-state index contributed by atoms with van der Waals surface area (Å²) in [5.41, 5.74) is 0. The van der Waals surface area contributed by atoms with Gasteiger partial charge < -0.3 is 94.7 Å². The molecule has 0 amide bonds. The molecule has 0 heterocycles. The van der Waals surface area contributed by atoms with Crippen molar-refractivity contribution >= 4 is 143 Å². The predicted octanol–water partition coefficient (Wildman–Crippen LogP) is 4.86. The second-order valence-corrected chi connectivity index (χ2v) is 19.3. The SMILES string of the molecule is CC(=O)COC(C)=O.CC(=O)OCOC(C)=O.CCC(=O)COC(C)=O.CCC(=O)OCOC(C)=O.CCOC(=O)CC(=O)OCC.CCOC(=O)COC(=O)CC.CCOC(=O)COC(C)=O.CCOCOC(C)=O.CCSCOC(C)=O.COC(=O)COC(C)=O.COCOC(C)=O.CSCOC(C)=O. The highest BCUT2D eigenvalue weighted by molar-refractivity contribution is 7.99. The predicted molar refractivity (Wildman–Crippen MR) is 375 cm³/mol. The molecule has 0 aliphatic carbocycles. The number of carbonyl (C=O) groups is 20. The minimum Gasteiger partial charge on any atom is -0.466 e. The van der Waals surface area contributed by atoms with Crippen molar-refractivity contribution in [1.82, 2.24) is 0 Å². The van der Waals surface area contributed by atoms with Gasteiger partial charge in [-0.25, -0.2) is 14.4 Å². The molecule has 0 aliphatic rings. The van der Waals surface area contributed by atoms with E-state index < -0.39 is 77.6 Å². The van der Waals surface area contributed by atoms with Gasteiger partial charge in [0.2, 0.25) is 13.6 Å². The van der Waals surface area contributed by atoms with Crippen molar-refractivity contribution in [3.05, 3.63) is 0 Å². The normalized spacial score (nSPS) is 8.56. The third kappa shape index (κ3) is 178. The van der Waals surface area contributed by atoms with Gasteiger partial charge in [-0.1, -0.05) is 27.7 Å². The summed E-state index contributed by atoms with van der Waals surface area (Å²) in [4.78, 5) is 204. The third-order valence-corrected chi connectivity index (χ3v) is 8.67. The lowest BCUT2D eigenvalue weighted by molar-refractivity contribution is -0.166. The number of thioether (sulfide) groups is 2. The lowest BCUT2D eigenvalue weighted by Gasteiger charge is -2.01. The standard InChI is InChI=1S/2C7H12O4.2C6H10O4.C6H10O3.2C5H8O4.C5H8O3.C5H10O3.C5H10O2S.C4H8O3.C4H8O2S/c1-3-10-6(8)5-7(9)11-4-2;1-3-6(8)11-5-7(9)10-4-2;1-3-9-6(8)4-10-5(2)7;1-3-6(8)10-4-9-5(2)7;1-3-6(8)4-9-5(2)7;1-4(6)9-3-5(7)8-2;1-4(6)8-3-9-5(2)7;1-4(6)3-8-5(2)7;1-3-7-4-8-5(2)6;1-3-8-4-7-5(2)6;1-4(5)7-3-6-2;1-4(5)6-3-7-2/h2*3-5H2,1-2H3;2*3-4H2,1-2H3;3-4H2,1-2H3;2*3H2,1-2H3;3H2,1-2H3;2*3-4H2,1-2H3;2*3H2,1-2H3. The number of ether oxygens (including phenoxy) is 20. The van der Waals surface area contributed by atoms with Gasteiger partial charge in [-0.15, -0.1) is 23.5 Å². The molecule has 0 aromatic heterocycles. The van der Waals surface area contributed by atoms with Crippen LogP contribution < -0.4 is 0 Å². The van der Waals surface area contributed by atoms with Crippen LogP contribution in [-0.2, 0) is 191 Å². The molecule has 0 atom stereocenters. The molecule has 107 heavy (non-hydrogen) atoms. The Morgan fingerprint density at radius 2 is 0.561 bits per heavy atom. The van der Waals surface area contributed by atoms with Gasteiger partial charge in [0.1, 0.15) is 31.5 Å². The quantitative estimate of drug-likeness (QED) is 0.0278. The van der Waals surface area contributed by atoms with E-state index in [1.807, 2.05) is 20.1 Å². The molecule has 626 valence electrons. The fraction of sp³-hybridized carbons (Fsp3) is 0.692. The van der Waals surface area contributed by atoms with Crippen LogP contribution in [0.2, 0.25) is 0 Å². The maximum absolute atomic E-state index is 10.6. The Bertz CT molecular complexity index is 2320. The molecule has 0 N–H and O–H groups in total. The van der Waals surface area contributed by atoms with Gasteiger partial charge in [-0.05, 0) is 53.6 Å². The van der Waals surface area contributed by atoms with E-state index >= 15 is 0 Å². The smallest absolute Gasteiger partial charge is 0.344 e. The van der Waals surface area contributed by atoms with Crippen molar-refractivity contribution in [1.29, 1.82) is 0 Å². The highest BCUT2D eigenvalue weighted by Gasteiger charge is 2.10. The fourth-order valence-electron chi connectivity index (χ4n) is 3.23. The van der Waals surface area contributed by atoms with E-state index in [1.54, 1.807) is 60.2 Å². The Balaban J connectivity index is -0.0000000922. The number of hydrogen-bond donors (Lipinski definition) is 0. The van der Waals surface area contributed by atoms with Crippen molar-refractivity contribution in [3.8, 4) is 0 Å². The highest BCUT2D eigenvalue weighted by Crippen LogP contribution is 1.98. The number of hydrogen-bond acceptors (Lipinski definition) is 42. The number of Topliss-reactive ketones (excluding diaryl/α,β-unsaturated/α-hetero) is 2. The van der Waals surface area contributed by atoms with E-state index in [0.29, 0.717) is 44.5 Å². The van der Waals surface area contributed by atoms with E-state index in [2.05, 4.69) is 90.0 Å². The van der Waals surface area contributed by atoms with Crippen LogP contribution in [0.5, 0.6) is 0 Å². The zero-order valence-corrected chi connectivity index (χ0v) is 67.6. The first-order valence-corrected chi connectivity index (χ1v) is 34.1. The second-order valence-electron chi connectivity index (χ2n) is 17.3. The van der Waals surface area contributed by atoms with Gasteiger partial charge in [0.15, 0.2) is 45.0 Å². The first kappa shape index (κ1) is 124. The molecule has 0 aromatic carbocycles. The van der Waals surface area contributed by atoms with Crippen LogP contribution >= 0.6 is 23.5 Å². The summed E-state index contributed by atoms with van der Waals surface area (Å²) in [5, 5.41) is 0. The average molecular weight is 1600 g/mol. The third-order valence-electron chi connectivity index (χ3n) is 7.63. The maximum Gasteiger partial charge on any atom is 0.344 e. The van der Waals surface area contributed by atoms with Crippen LogP contribution in [0.25, 0.3) is 0 Å². The van der Waals surface area contributed by atoms with E-state index in [1.165, 1.54) is 109 Å². The lowest BCUT2D eigenvalue weighted by Crippen LogP contribution is -2.15. The molecule has 0 aliphatic heterocycles. The minimum atomic E-state index is -0.551. The summed E-state index contributed by atoms with van der Waals surface area (Å²) >= 11 is 3.08. The number of carbonyl (C=O) groups excluding carboxylic acids is 20. The van der Waals surface area contributed by atoms with Gasteiger partial charge >= 0.3 is 107 Å². The number of ketones is 2. The molecule has 0 fully saturated rings. The maximum atomic E-state index is 10.6. The Kier molecular flexibility index (Phi) is 117. The van der Waals surface area contributed by atoms with Crippen molar-refractivity contribution in [2.45, 2.75) is 171 Å². The molecule has 0 bridgehead atoms. The van der Waals surface area contributed by atoms with Crippen LogP contribution in [0.3, 0.4) is 0 Å². The summed E-state index contributed by atoms with van der Waals surface area (Å²) in [5.74, 6) is -5.85. The molecule has 0 saturated heterocycles. The summed E-state index contributed by atoms with van der Waals surface area (Å²) in [6.07, 6.45) is 2.58. The molecule has 0 unspecified atom stereocenters. The Labute approximate surface area is 633 Å². The first-order chi connectivity index (χ1) is 49.9. The summed E-state index contributed by atoms with van der Waals surface area (Å²) in [6.45, 7) is 31.5. The molecule has 0 spiro atoms. The molecule has 42 heteroatoms. The summed E-state index contributed by atoms with van der Waals surface area (Å²) < 4.78 is 88.3. The van der Waals surface area contributed by atoms with Crippen molar-refractivity contribution in [2.24, 2.45) is 0 Å². The fourth-order valence-corrected chi connectivity index (χ4v) is 3.93. The van der Waals surface area contributed by atoms with Crippen molar-refractivity contribution < 1.29 is 191 Å². The van der Waals surface area contributed by atoms with Crippen LogP contribution in [0.1, 0.15) is 171 Å². The summed E-state index contributed by atoms with van der Waals surface area (Å²) in [7, 11) is 2.69. The average Bonchev–Trinajstić information content (AvgIpc) is 1.23. The van der Waals surface area contributed by atoms with E-state index in [9.17, 15) is 95.9 Å². The molecular formula is C65H114O40S2. The first-order valence-electron chi connectivity index (χ1n) is 31.5. The number of rotatable bonds is 33. The molecular weight excluding hydrogens is 1480 g/mol. The summed E-state index contributed by atoms with van der Waals surface area (Å²) in [6, 6.07) is 0. The van der Waals surface area contributed by atoms with E-state index in [-0.39, 0.29) is 128 Å². The second kappa shape index (κ2) is 101. The van der Waals surface area contributed by atoms with Crippen LogP contribution in [0.4, 0.5) is 0 Å². The van der Waals surface area contributed by atoms with Crippen LogP contribution in [-0.4, -0.2) is 250 Å². The monoisotopic (exact) mass is 1600 g/mol. The Morgan fingerprint density at radius 3 is 0.832 bits per heavy atom. The molecule has 40 nitrogen and oxygen atoms in total. The lowest BCUT2D eigenvalue weighted by atomic mass is 10.3.